The summed E-state index contributed by atoms with van der Waals surface area (Å²) in [6, 6.07) is 6.74. The number of nitrogens with zero attached hydrogens (tertiary/aromatic N) is 2. The Morgan fingerprint density at radius 3 is 2.59 bits per heavy atom. The van der Waals surface area contributed by atoms with E-state index < -0.39 is 0 Å². The van der Waals surface area contributed by atoms with Crippen LogP contribution in [0.25, 0.3) is 0 Å². The van der Waals surface area contributed by atoms with Crippen molar-refractivity contribution in [2.75, 3.05) is 39.4 Å². The Balaban J connectivity index is 1.48. The van der Waals surface area contributed by atoms with Crippen LogP contribution in [0, 0.1) is 11.7 Å². The van der Waals surface area contributed by atoms with Gasteiger partial charge in [0, 0.05) is 51.9 Å². The highest BCUT2D eigenvalue weighted by Crippen LogP contribution is 2.19. The number of amides is 1. The van der Waals surface area contributed by atoms with Gasteiger partial charge in [0.25, 0.3) is 0 Å². The number of piperazine rings is 1. The molecule has 2 heterocycles. The average molecular weight is 306 g/mol. The molecule has 5 heteroatoms. The lowest BCUT2D eigenvalue weighted by Gasteiger charge is -2.37. The molecular weight excluding hydrogens is 283 g/mol. The summed E-state index contributed by atoms with van der Waals surface area (Å²) in [5.74, 6) is 0.239. The summed E-state index contributed by atoms with van der Waals surface area (Å²) in [4.78, 5) is 16.7. The maximum absolute atomic E-state index is 13.2. The van der Waals surface area contributed by atoms with E-state index in [9.17, 15) is 9.18 Å². The van der Waals surface area contributed by atoms with Crippen molar-refractivity contribution in [1.82, 2.24) is 9.80 Å². The molecule has 0 unspecified atom stereocenters. The Morgan fingerprint density at radius 1 is 1.18 bits per heavy atom. The molecule has 3 rings (SSSR count). The summed E-state index contributed by atoms with van der Waals surface area (Å²) in [6.07, 6.45) is 1.70. The lowest BCUT2D eigenvalue weighted by Crippen LogP contribution is -2.50. The van der Waals surface area contributed by atoms with E-state index in [0.717, 1.165) is 51.1 Å². The standard InChI is InChI=1S/C17H23FN2O2/c18-16-3-1-2-14(12-16)13-19-6-8-20(9-7-19)17(21)15-4-10-22-11-5-15/h1-3,12,15H,4-11,13H2. The molecule has 120 valence electrons. The lowest BCUT2D eigenvalue weighted by molar-refractivity contribution is -0.140. The monoisotopic (exact) mass is 306 g/mol. The highest BCUT2D eigenvalue weighted by Gasteiger charge is 2.28. The molecule has 0 atom stereocenters. The van der Waals surface area contributed by atoms with Crippen LogP contribution >= 0.6 is 0 Å². The van der Waals surface area contributed by atoms with Gasteiger partial charge in [-0.3, -0.25) is 9.69 Å². The van der Waals surface area contributed by atoms with Crippen LogP contribution in [0.1, 0.15) is 18.4 Å². The molecule has 0 saturated carbocycles. The quantitative estimate of drug-likeness (QED) is 0.855. The third kappa shape index (κ3) is 3.84. The molecule has 2 saturated heterocycles. The second-order valence-corrected chi connectivity index (χ2v) is 6.12. The number of ether oxygens (including phenoxy) is 1. The fourth-order valence-electron chi connectivity index (χ4n) is 3.22. The van der Waals surface area contributed by atoms with Gasteiger partial charge in [-0.25, -0.2) is 4.39 Å². The third-order valence-corrected chi connectivity index (χ3v) is 4.55. The van der Waals surface area contributed by atoms with E-state index in [1.54, 1.807) is 12.1 Å². The van der Waals surface area contributed by atoms with Crippen LogP contribution in [0.15, 0.2) is 24.3 Å². The van der Waals surface area contributed by atoms with Gasteiger partial charge in [-0.2, -0.15) is 0 Å². The number of hydrogen-bond donors (Lipinski definition) is 0. The van der Waals surface area contributed by atoms with Gasteiger partial charge >= 0.3 is 0 Å². The molecular formula is C17H23FN2O2. The summed E-state index contributed by atoms with van der Waals surface area (Å²) in [5.41, 5.74) is 0.990. The molecule has 2 aliphatic heterocycles. The second kappa shape index (κ2) is 7.20. The highest BCUT2D eigenvalue weighted by molar-refractivity contribution is 5.79. The van der Waals surface area contributed by atoms with Crippen LogP contribution in [0.5, 0.6) is 0 Å². The zero-order chi connectivity index (χ0) is 15.4. The number of carbonyl (C=O) groups excluding carboxylic acids is 1. The molecule has 0 radical (unpaired) electrons. The molecule has 1 aromatic carbocycles. The minimum atomic E-state index is -0.189. The molecule has 0 aromatic heterocycles. The Bertz CT molecular complexity index is 509. The Labute approximate surface area is 130 Å². The molecule has 1 aromatic rings. The van der Waals surface area contributed by atoms with E-state index in [0.29, 0.717) is 13.2 Å². The van der Waals surface area contributed by atoms with Crippen LogP contribution < -0.4 is 0 Å². The first-order chi connectivity index (χ1) is 10.7. The maximum Gasteiger partial charge on any atom is 0.225 e. The minimum absolute atomic E-state index is 0.142. The van der Waals surface area contributed by atoms with Crippen molar-refractivity contribution >= 4 is 5.91 Å². The van der Waals surface area contributed by atoms with Gasteiger partial charge in [0.2, 0.25) is 5.91 Å². The fourth-order valence-corrected chi connectivity index (χ4v) is 3.22. The number of halogens is 1. The first-order valence-electron chi connectivity index (χ1n) is 8.06. The molecule has 4 nitrogen and oxygen atoms in total. The van der Waals surface area contributed by atoms with Crippen molar-refractivity contribution in [3.63, 3.8) is 0 Å². The van der Waals surface area contributed by atoms with Crippen LogP contribution in [0.2, 0.25) is 0 Å². The van der Waals surface area contributed by atoms with Gasteiger partial charge in [0.05, 0.1) is 0 Å². The van der Waals surface area contributed by atoms with E-state index in [4.69, 9.17) is 4.74 Å². The Kier molecular flexibility index (Phi) is 5.05. The second-order valence-electron chi connectivity index (χ2n) is 6.12. The molecule has 2 aliphatic rings. The van der Waals surface area contributed by atoms with Gasteiger partial charge in [-0.1, -0.05) is 12.1 Å². The first kappa shape index (κ1) is 15.4. The van der Waals surface area contributed by atoms with Crippen LogP contribution in [-0.4, -0.2) is 55.1 Å². The number of carbonyl (C=O) groups is 1. The van der Waals surface area contributed by atoms with E-state index in [1.807, 2.05) is 11.0 Å². The predicted octanol–water partition coefficient (Wildman–Crippen LogP) is 1.90. The van der Waals surface area contributed by atoms with Gasteiger partial charge in [0.1, 0.15) is 5.82 Å². The first-order valence-corrected chi connectivity index (χ1v) is 8.06. The van der Waals surface area contributed by atoms with E-state index in [-0.39, 0.29) is 17.6 Å². The zero-order valence-corrected chi connectivity index (χ0v) is 12.8. The molecule has 2 fully saturated rings. The van der Waals surface area contributed by atoms with Gasteiger partial charge in [0.15, 0.2) is 0 Å². The summed E-state index contributed by atoms with van der Waals surface area (Å²) < 4.78 is 18.5. The normalized spacial score (nSPS) is 21.0. The third-order valence-electron chi connectivity index (χ3n) is 4.55. The minimum Gasteiger partial charge on any atom is -0.381 e. The van der Waals surface area contributed by atoms with E-state index in [2.05, 4.69) is 4.90 Å². The van der Waals surface area contributed by atoms with E-state index >= 15 is 0 Å². The zero-order valence-electron chi connectivity index (χ0n) is 12.8. The number of hydrogen-bond acceptors (Lipinski definition) is 3. The van der Waals surface area contributed by atoms with Crippen molar-refractivity contribution in [2.24, 2.45) is 5.92 Å². The lowest BCUT2D eigenvalue weighted by atomic mass is 9.98. The summed E-state index contributed by atoms with van der Waals surface area (Å²) >= 11 is 0. The summed E-state index contributed by atoms with van der Waals surface area (Å²) in [5, 5.41) is 0. The van der Waals surface area contributed by atoms with E-state index in [1.165, 1.54) is 6.07 Å². The predicted molar refractivity (Wildman–Crippen MR) is 81.8 cm³/mol. The molecule has 0 bridgehead atoms. The fraction of sp³-hybridized carbons (Fsp3) is 0.588. The topological polar surface area (TPSA) is 32.8 Å². The van der Waals surface area contributed by atoms with Crippen molar-refractivity contribution < 1.29 is 13.9 Å². The van der Waals surface area contributed by atoms with Crippen molar-refractivity contribution in [3.05, 3.63) is 35.6 Å². The SMILES string of the molecule is O=C(C1CCOCC1)N1CCN(Cc2cccc(F)c2)CC1. The van der Waals surface area contributed by atoms with Crippen molar-refractivity contribution in [1.29, 1.82) is 0 Å². The molecule has 0 N–H and O–H groups in total. The van der Waals surface area contributed by atoms with Crippen molar-refractivity contribution in [3.8, 4) is 0 Å². The number of benzene rings is 1. The Hall–Kier alpha value is -1.46. The van der Waals surface area contributed by atoms with Crippen LogP contribution in [-0.2, 0) is 16.1 Å². The maximum atomic E-state index is 13.2. The van der Waals surface area contributed by atoms with Crippen LogP contribution in [0.4, 0.5) is 4.39 Å². The summed E-state index contributed by atoms with van der Waals surface area (Å²) in [6.45, 7) is 5.40. The van der Waals surface area contributed by atoms with Crippen molar-refractivity contribution in [2.45, 2.75) is 19.4 Å². The smallest absolute Gasteiger partial charge is 0.225 e. The summed E-state index contributed by atoms with van der Waals surface area (Å²) in [7, 11) is 0. The molecule has 0 aliphatic carbocycles. The average Bonchev–Trinajstić information content (AvgIpc) is 2.56. The molecule has 1 amide bonds. The Morgan fingerprint density at radius 2 is 1.91 bits per heavy atom. The molecule has 22 heavy (non-hydrogen) atoms. The number of rotatable bonds is 3. The highest BCUT2D eigenvalue weighted by atomic mass is 19.1. The largest absolute Gasteiger partial charge is 0.381 e. The van der Waals surface area contributed by atoms with Gasteiger partial charge in [-0.05, 0) is 30.5 Å². The van der Waals surface area contributed by atoms with Gasteiger partial charge in [-0.15, -0.1) is 0 Å². The molecule has 0 spiro atoms. The van der Waals surface area contributed by atoms with Gasteiger partial charge < -0.3 is 9.64 Å². The van der Waals surface area contributed by atoms with Crippen LogP contribution in [0.3, 0.4) is 0 Å².